The van der Waals surface area contributed by atoms with Crippen LogP contribution < -0.4 is 10.6 Å². The maximum absolute atomic E-state index is 4.20. The number of hydrogen-bond donors (Lipinski definition) is 2. The lowest BCUT2D eigenvalue weighted by atomic mass is 10.2. The zero-order valence-electron chi connectivity index (χ0n) is 9.75. The highest BCUT2D eigenvalue weighted by Gasteiger charge is 1.97. The lowest BCUT2D eigenvalue weighted by Gasteiger charge is -2.07. The fraction of sp³-hybridized carbons (Fsp3) is 0.636. The van der Waals surface area contributed by atoms with Crippen molar-refractivity contribution < 1.29 is 0 Å². The minimum absolute atomic E-state index is 0.673. The van der Waals surface area contributed by atoms with Crippen molar-refractivity contribution in [1.29, 1.82) is 0 Å². The molecule has 0 spiro atoms. The maximum atomic E-state index is 4.20. The van der Waals surface area contributed by atoms with E-state index in [0.717, 1.165) is 25.2 Å². The molecule has 0 aliphatic rings. The molecule has 0 amide bonds. The lowest BCUT2D eigenvalue weighted by molar-refractivity contribution is 0.551. The van der Waals surface area contributed by atoms with Gasteiger partial charge in [0.25, 0.3) is 0 Å². The third kappa shape index (κ3) is 4.74. The Kier molecular flexibility index (Phi) is 5.04. The molecule has 0 aliphatic heterocycles. The summed E-state index contributed by atoms with van der Waals surface area (Å²) in [5.41, 5.74) is 1.12. The van der Waals surface area contributed by atoms with Crippen LogP contribution in [0.25, 0.3) is 0 Å². The summed E-state index contributed by atoms with van der Waals surface area (Å²) in [5.74, 6) is 1.37. The topological polar surface area (TPSA) is 49.8 Å². The Bertz CT molecular complexity index is 268. The molecule has 1 aromatic rings. The van der Waals surface area contributed by atoms with Gasteiger partial charge in [-0.1, -0.05) is 13.8 Å². The minimum Gasteiger partial charge on any atom is -0.355 e. The van der Waals surface area contributed by atoms with E-state index >= 15 is 0 Å². The second-order valence-electron chi connectivity index (χ2n) is 3.97. The van der Waals surface area contributed by atoms with Crippen molar-refractivity contribution in [2.24, 2.45) is 5.92 Å². The van der Waals surface area contributed by atoms with Crippen LogP contribution in [0.5, 0.6) is 0 Å². The molecule has 0 atom stereocenters. The molecule has 0 saturated carbocycles. The highest BCUT2D eigenvalue weighted by Crippen LogP contribution is 1.99. The fourth-order valence-corrected chi connectivity index (χ4v) is 1.20. The summed E-state index contributed by atoms with van der Waals surface area (Å²) in [6.45, 7) is 9.13. The largest absolute Gasteiger partial charge is 0.355 e. The van der Waals surface area contributed by atoms with Gasteiger partial charge in [0.1, 0.15) is 0 Å². The summed E-state index contributed by atoms with van der Waals surface area (Å²) in [6.07, 6.45) is 3.72. The van der Waals surface area contributed by atoms with E-state index in [2.05, 4.69) is 34.4 Å². The van der Waals surface area contributed by atoms with Gasteiger partial charge < -0.3 is 10.6 Å². The summed E-state index contributed by atoms with van der Waals surface area (Å²) < 4.78 is 0. The van der Waals surface area contributed by atoms with Crippen LogP contribution in [0.1, 0.15) is 26.3 Å². The van der Waals surface area contributed by atoms with E-state index in [-0.39, 0.29) is 0 Å². The molecular formula is C11H20N4. The van der Waals surface area contributed by atoms with Gasteiger partial charge in [-0.2, -0.15) is 0 Å². The van der Waals surface area contributed by atoms with E-state index in [1.165, 1.54) is 0 Å². The van der Waals surface area contributed by atoms with Crippen LogP contribution >= 0.6 is 0 Å². The Balaban J connectivity index is 2.36. The molecule has 15 heavy (non-hydrogen) atoms. The van der Waals surface area contributed by atoms with Gasteiger partial charge in [-0.15, -0.1) is 0 Å². The molecule has 84 valence electrons. The van der Waals surface area contributed by atoms with Crippen molar-refractivity contribution in [2.45, 2.75) is 27.3 Å². The average Bonchev–Trinajstić information content (AvgIpc) is 2.20. The highest BCUT2D eigenvalue weighted by molar-refractivity contribution is 5.24. The van der Waals surface area contributed by atoms with Crippen LogP contribution in [0.4, 0.5) is 5.95 Å². The molecule has 0 bridgehead atoms. The molecule has 1 rings (SSSR count). The van der Waals surface area contributed by atoms with Crippen LogP contribution in [0.15, 0.2) is 12.4 Å². The number of nitrogens with one attached hydrogen (secondary N) is 2. The molecule has 0 unspecified atom stereocenters. The second-order valence-corrected chi connectivity index (χ2v) is 3.97. The molecule has 4 heteroatoms. The smallest absolute Gasteiger partial charge is 0.222 e. The summed E-state index contributed by atoms with van der Waals surface area (Å²) in [5, 5.41) is 6.42. The van der Waals surface area contributed by atoms with Crippen LogP contribution in [-0.2, 0) is 6.54 Å². The Morgan fingerprint density at radius 1 is 1.27 bits per heavy atom. The molecule has 1 heterocycles. The van der Waals surface area contributed by atoms with E-state index < -0.39 is 0 Å². The molecule has 4 nitrogen and oxygen atoms in total. The van der Waals surface area contributed by atoms with Crippen molar-refractivity contribution in [3.63, 3.8) is 0 Å². The van der Waals surface area contributed by atoms with Gasteiger partial charge in [-0.05, 0) is 19.4 Å². The van der Waals surface area contributed by atoms with E-state index in [1.807, 2.05) is 19.3 Å². The van der Waals surface area contributed by atoms with Crippen LogP contribution in [-0.4, -0.2) is 23.1 Å². The third-order valence-electron chi connectivity index (χ3n) is 1.92. The minimum atomic E-state index is 0.673. The molecule has 0 saturated heterocycles. The molecule has 0 radical (unpaired) electrons. The molecule has 2 N–H and O–H groups in total. The van der Waals surface area contributed by atoms with Gasteiger partial charge >= 0.3 is 0 Å². The Labute approximate surface area is 91.5 Å². The number of hydrogen-bond acceptors (Lipinski definition) is 4. The van der Waals surface area contributed by atoms with E-state index in [1.54, 1.807) is 0 Å². The number of nitrogens with zero attached hydrogens (tertiary/aromatic N) is 2. The summed E-state index contributed by atoms with van der Waals surface area (Å²) in [4.78, 5) is 8.41. The standard InChI is InChI=1S/C11H20N4/c1-4-13-11-14-7-10(8-15-11)6-12-5-9(2)3/h7-9,12H,4-6H2,1-3H3,(H,13,14,15). The third-order valence-corrected chi connectivity index (χ3v) is 1.92. The van der Waals surface area contributed by atoms with Gasteiger partial charge in [0, 0.05) is 31.0 Å². The predicted molar refractivity (Wildman–Crippen MR) is 62.7 cm³/mol. The maximum Gasteiger partial charge on any atom is 0.222 e. The average molecular weight is 208 g/mol. The Hall–Kier alpha value is -1.16. The quantitative estimate of drug-likeness (QED) is 0.746. The highest BCUT2D eigenvalue weighted by atomic mass is 15.1. The Morgan fingerprint density at radius 3 is 2.47 bits per heavy atom. The predicted octanol–water partition coefficient (Wildman–Crippen LogP) is 1.65. The number of aromatic nitrogens is 2. The molecule has 0 aliphatic carbocycles. The SMILES string of the molecule is CCNc1ncc(CNCC(C)C)cn1. The van der Waals surface area contributed by atoms with E-state index in [4.69, 9.17) is 0 Å². The van der Waals surface area contributed by atoms with Crippen LogP contribution in [0.2, 0.25) is 0 Å². The fourth-order valence-electron chi connectivity index (χ4n) is 1.20. The first kappa shape index (κ1) is 11.9. The summed E-state index contributed by atoms with van der Waals surface area (Å²) in [6, 6.07) is 0. The summed E-state index contributed by atoms with van der Waals surface area (Å²) in [7, 11) is 0. The molecule has 0 fully saturated rings. The molecule has 0 aromatic carbocycles. The Morgan fingerprint density at radius 2 is 1.93 bits per heavy atom. The first-order valence-corrected chi connectivity index (χ1v) is 5.48. The van der Waals surface area contributed by atoms with Crippen LogP contribution in [0, 0.1) is 5.92 Å². The first-order valence-electron chi connectivity index (χ1n) is 5.48. The number of anilines is 1. The normalized spacial score (nSPS) is 10.7. The second kappa shape index (κ2) is 6.35. The van der Waals surface area contributed by atoms with Gasteiger partial charge in [-0.25, -0.2) is 9.97 Å². The van der Waals surface area contributed by atoms with E-state index in [0.29, 0.717) is 11.9 Å². The zero-order chi connectivity index (χ0) is 11.1. The van der Waals surface area contributed by atoms with Crippen molar-refractivity contribution >= 4 is 5.95 Å². The zero-order valence-corrected chi connectivity index (χ0v) is 9.75. The molecular weight excluding hydrogens is 188 g/mol. The van der Waals surface area contributed by atoms with Gasteiger partial charge in [0.2, 0.25) is 5.95 Å². The van der Waals surface area contributed by atoms with Crippen LogP contribution in [0.3, 0.4) is 0 Å². The van der Waals surface area contributed by atoms with Crippen molar-refractivity contribution in [2.75, 3.05) is 18.4 Å². The van der Waals surface area contributed by atoms with Crippen molar-refractivity contribution in [3.05, 3.63) is 18.0 Å². The van der Waals surface area contributed by atoms with Gasteiger partial charge in [0.15, 0.2) is 0 Å². The van der Waals surface area contributed by atoms with Gasteiger partial charge in [-0.3, -0.25) is 0 Å². The van der Waals surface area contributed by atoms with Crippen molar-refractivity contribution in [3.8, 4) is 0 Å². The lowest BCUT2D eigenvalue weighted by Crippen LogP contribution is -2.19. The van der Waals surface area contributed by atoms with Crippen molar-refractivity contribution in [1.82, 2.24) is 15.3 Å². The first-order chi connectivity index (χ1) is 7.22. The monoisotopic (exact) mass is 208 g/mol. The molecule has 1 aromatic heterocycles. The summed E-state index contributed by atoms with van der Waals surface area (Å²) >= 11 is 0. The number of rotatable bonds is 6. The van der Waals surface area contributed by atoms with E-state index in [9.17, 15) is 0 Å². The van der Waals surface area contributed by atoms with Gasteiger partial charge in [0.05, 0.1) is 0 Å².